The van der Waals surface area contributed by atoms with E-state index in [0.717, 1.165) is 6.42 Å². The van der Waals surface area contributed by atoms with E-state index in [1.165, 1.54) is 11.1 Å². The van der Waals surface area contributed by atoms with E-state index in [0.29, 0.717) is 0 Å². The molecular weight excluding hydrogens is 144 g/mol. The largest absolute Gasteiger partial charge is 0.0991 e. The van der Waals surface area contributed by atoms with E-state index in [1.807, 2.05) is 6.08 Å². The van der Waals surface area contributed by atoms with Gasteiger partial charge < -0.3 is 0 Å². The quantitative estimate of drug-likeness (QED) is 0.592. The minimum atomic E-state index is 0.994. The van der Waals surface area contributed by atoms with Gasteiger partial charge in [-0.05, 0) is 18.9 Å². The van der Waals surface area contributed by atoms with Gasteiger partial charge >= 0.3 is 0 Å². The third kappa shape index (κ3) is 2.75. The SMILES string of the molecule is C=C/C=C\Cc1cccc(C)c1. The summed E-state index contributed by atoms with van der Waals surface area (Å²) in [6.07, 6.45) is 6.88. The first-order chi connectivity index (χ1) is 5.83. The van der Waals surface area contributed by atoms with Gasteiger partial charge in [-0.15, -0.1) is 0 Å². The van der Waals surface area contributed by atoms with E-state index in [9.17, 15) is 0 Å². The van der Waals surface area contributed by atoms with Crippen molar-refractivity contribution in [3.05, 3.63) is 60.2 Å². The van der Waals surface area contributed by atoms with E-state index >= 15 is 0 Å². The summed E-state index contributed by atoms with van der Waals surface area (Å²) in [4.78, 5) is 0. The van der Waals surface area contributed by atoms with Crippen molar-refractivity contribution in [1.29, 1.82) is 0 Å². The van der Waals surface area contributed by atoms with Gasteiger partial charge in [-0.3, -0.25) is 0 Å². The molecule has 0 unspecified atom stereocenters. The average molecular weight is 158 g/mol. The smallest absolute Gasteiger partial charge is 0.00942 e. The Kier molecular flexibility index (Phi) is 3.34. The van der Waals surface area contributed by atoms with Crippen LogP contribution in [0.15, 0.2) is 49.1 Å². The Morgan fingerprint density at radius 3 is 2.92 bits per heavy atom. The minimum absolute atomic E-state index is 0.994. The molecule has 0 saturated heterocycles. The highest BCUT2D eigenvalue weighted by atomic mass is 13.9. The predicted octanol–water partition coefficient (Wildman–Crippen LogP) is 3.28. The number of aryl methyl sites for hydroxylation is 1. The van der Waals surface area contributed by atoms with Crippen LogP contribution in [-0.2, 0) is 6.42 Å². The first-order valence-corrected chi connectivity index (χ1v) is 4.16. The highest BCUT2D eigenvalue weighted by Crippen LogP contribution is 2.04. The van der Waals surface area contributed by atoms with Gasteiger partial charge in [0.25, 0.3) is 0 Å². The monoisotopic (exact) mass is 158 g/mol. The Labute approximate surface area is 74.2 Å². The van der Waals surface area contributed by atoms with Crippen molar-refractivity contribution in [3.63, 3.8) is 0 Å². The van der Waals surface area contributed by atoms with Crippen molar-refractivity contribution < 1.29 is 0 Å². The molecule has 0 aliphatic rings. The minimum Gasteiger partial charge on any atom is -0.0991 e. The van der Waals surface area contributed by atoms with Crippen LogP contribution in [0.3, 0.4) is 0 Å². The van der Waals surface area contributed by atoms with Gasteiger partial charge in [0.2, 0.25) is 0 Å². The Hall–Kier alpha value is -1.30. The van der Waals surface area contributed by atoms with E-state index in [2.05, 4.69) is 43.8 Å². The predicted molar refractivity (Wildman–Crippen MR) is 54.2 cm³/mol. The molecule has 1 rings (SSSR count). The Bertz CT molecular complexity index is 282. The number of hydrogen-bond acceptors (Lipinski definition) is 0. The molecule has 0 N–H and O–H groups in total. The second-order valence-corrected chi connectivity index (χ2v) is 2.86. The maximum atomic E-state index is 3.62. The molecule has 0 radical (unpaired) electrons. The van der Waals surface area contributed by atoms with Crippen LogP contribution in [0.1, 0.15) is 11.1 Å². The maximum Gasteiger partial charge on any atom is -0.00942 e. The van der Waals surface area contributed by atoms with Gasteiger partial charge in [0.1, 0.15) is 0 Å². The van der Waals surface area contributed by atoms with Gasteiger partial charge in [-0.2, -0.15) is 0 Å². The molecule has 0 spiro atoms. The first-order valence-electron chi connectivity index (χ1n) is 4.16. The fourth-order valence-corrected chi connectivity index (χ4v) is 1.14. The van der Waals surface area contributed by atoms with Crippen LogP contribution in [0.4, 0.5) is 0 Å². The molecule has 0 heterocycles. The number of benzene rings is 1. The second kappa shape index (κ2) is 4.55. The standard InChI is InChI=1S/C12H14/c1-3-4-5-8-12-9-6-7-11(2)10-12/h3-7,9-10H,1,8H2,2H3/b5-4-. The summed E-state index contributed by atoms with van der Waals surface area (Å²) in [5.41, 5.74) is 2.67. The zero-order valence-electron chi connectivity index (χ0n) is 7.46. The van der Waals surface area contributed by atoms with Crippen molar-refractivity contribution in [2.75, 3.05) is 0 Å². The summed E-state index contributed by atoms with van der Waals surface area (Å²) in [5, 5.41) is 0. The molecular formula is C12H14. The van der Waals surface area contributed by atoms with Crippen LogP contribution in [0, 0.1) is 6.92 Å². The van der Waals surface area contributed by atoms with Crippen molar-refractivity contribution in [2.24, 2.45) is 0 Å². The molecule has 0 aliphatic carbocycles. The normalized spacial score (nSPS) is 10.4. The Morgan fingerprint density at radius 2 is 2.25 bits per heavy atom. The molecule has 1 aromatic rings. The van der Waals surface area contributed by atoms with Crippen molar-refractivity contribution >= 4 is 0 Å². The molecule has 1 aromatic carbocycles. The molecule has 0 atom stereocenters. The molecule has 0 aliphatic heterocycles. The molecule has 0 fully saturated rings. The molecule has 12 heavy (non-hydrogen) atoms. The summed E-state index contributed by atoms with van der Waals surface area (Å²) in [7, 11) is 0. The van der Waals surface area contributed by atoms with Gasteiger partial charge in [0, 0.05) is 0 Å². The van der Waals surface area contributed by atoms with Crippen molar-refractivity contribution in [2.45, 2.75) is 13.3 Å². The summed E-state index contributed by atoms with van der Waals surface area (Å²) in [5.74, 6) is 0. The van der Waals surface area contributed by atoms with Gasteiger partial charge in [-0.1, -0.05) is 54.6 Å². The van der Waals surface area contributed by atoms with E-state index in [4.69, 9.17) is 0 Å². The summed E-state index contributed by atoms with van der Waals surface area (Å²) < 4.78 is 0. The number of rotatable bonds is 3. The summed E-state index contributed by atoms with van der Waals surface area (Å²) in [6.45, 7) is 5.73. The van der Waals surface area contributed by atoms with Crippen molar-refractivity contribution in [1.82, 2.24) is 0 Å². The lowest BCUT2D eigenvalue weighted by Gasteiger charge is -1.96. The summed E-state index contributed by atoms with van der Waals surface area (Å²) in [6, 6.07) is 8.54. The lowest BCUT2D eigenvalue weighted by Crippen LogP contribution is -1.80. The van der Waals surface area contributed by atoms with Crippen molar-refractivity contribution in [3.8, 4) is 0 Å². The second-order valence-electron chi connectivity index (χ2n) is 2.86. The van der Waals surface area contributed by atoms with Crippen LogP contribution < -0.4 is 0 Å². The molecule has 62 valence electrons. The zero-order chi connectivity index (χ0) is 8.81. The van der Waals surface area contributed by atoms with Crippen LogP contribution >= 0.6 is 0 Å². The summed E-state index contributed by atoms with van der Waals surface area (Å²) >= 11 is 0. The van der Waals surface area contributed by atoms with Crippen LogP contribution in [0.2, 0.25) is 0 Å². The molecule has 0 saturated carbocycles. The van der Waals surface area contributed by atoms with Gasteiger partial charge in [0.15, 0.2) is 0 Å². The maximum absolute atomic E-state index is 3.62. The number of hydrogen-bond donors (Lipinski definition) is 0. The highest BCUT2D eigenvalue weighted by molar-refractivity contribution is 5.24. The van der Waals surface area contributed by atoms with E-state index in [-0.39, 0.29) is 0 Å². The van der Waals surface area contributed by atoms with Crippen LogP contribution in [-0.4, -0.2) is 0 Å². The molecule has 0 heteroatoms. The molecule has 0 amide bonds. The van der Waals surface area contributed by atoms with Gasteiger partial charge in [0.05, 0.1) is 0 Å². The number of allylic oxidation sites excluding steroid dienone is 3. The first kappa shape index (κ1) is 8.79. The third-order valence-corrected chi connectivity index (χ3v) is 1.71. The highest BCUT2D eigenvalue weighted by Gasteiger charge is 1.88. The van der Waals surface area contributed by atoms with Crippen LogP contribution in [0.5, 0.6) is 0 Å². The lowest BCUT2D eigenvalue weighted by atomic mass is 10.1. The topological polar surface area (TPSA) is 0 Å². The fraction of sp³-hybridized carbons (Fsp3) is 0.167. The Morgan fingerprint density at radius 1 is 1.42 bits per heavy atom. The molecule has 0 bridgehead atoms. The van der Waals surface area contributed by atoms with E-state index < -0.39 is 0 Å². The zero-order valence-corrected chi connectivity index (χ0v) is 7.46. The Balaban J connectivity index is 2.63. The molecule has 0 nitrogen and oxygen atoms in total. The lowest BCUT2D eigenvalue weighted by molar-refractivity contribution is 1.25. The van der Waals surface area contributed by atoms with Gasteiger partial charge in [-0.25, -0.2) is 0 Å². The molecule has 0 aromatic heterocycles. The fourth-order valence-electron chi connectivity index (χ4n) is 1.14. The average Bonchev–Trinajstić information content (AvgIpc) is 2.05. The third-order valence-electron chi connectivity index (χ3n) is 1.71. The van der Waals surface area contributed by atoms with E-state index in [1.54, 1.807) is 6.08 Å². The van der Waals surface area contributed by atoms with Crippen LogP contribution in [0.25, 0.3) is 0 Å².